The summed E-state index contributed by atoms with van der Waals surface area (Å²) in [5, 5.41) is 0. The molecule has 56 heavy (non-hydrogen) atoms. The van der Waals surface area contributed by atoms with Crippen LogP contribution in [-0.2, 0) is 4.74 Å². The minimum atomic E-state index is 0.255. The summed E-state index contributed by atoms with van der Waals surface area (Å²) in [4.78, 5) is 6.57. The second-order valence-electron chi connectivity index (χ2n) is 23.9. The minimum absolute atomic E-state index is 0.255. The third-order valence-corrected chi connectivity index (χ3v) is 18.9. The summed E-state index contributed by atoms with van der Waals surface area (Å²) in [7, 11) is 0. The van der Waals surface area contributed by atoms with E-state index < -0.39 is 0 Å². The molecule has 10 atom stereocenters. The highest BCUT2D eigenvalue weighted by molar-refractivity contribution is 5.39. The van der Waals surface area contributed by atoms with Crippen LogP contribution in [0.3, 0.4) is 0 Å². The van der Waals surface area contributed by atoms with Crippen LogP contribution in [0.1, 0.15) is 197 Å². The number of hydrogen-bond donors (Lipinski definition) is 0. The van der Waals surface area contributed by atoms with E-state index in [-0.39, 0.29) is 17.1 Å². The molecule has 0 aromatic carbocycles. The van der Waals surface area contributed by atoms with Crippen LogP contribution in [0.25, 0.3) is 0 Å². The van der Waals surface area contributed by atoms with Crippen LogP contribution in [0.2, 0.25) is 0 Å². The summed E-state index contributed by atoms with van der Waals surface area (Å²) in [6.45, 7) is 20.6. The first-order valence-corrected chi connectivity index (χ1v) is 24.8. The molecule has 9 aliphatic rings. The van der Waals surface area contributed by atoms with Crippen LogP contribution in [0.4, 0.5) is 0 Å². The largest absolute Gasteiger partial charge is 0.488 e. The van der Waals surface area contributed by atoms with Gasteiger partial charge in [-0.3, -0.25) is 9.80 Å². The van der Waals surface area contributed by atoms with Gasteiger partial charge in [-0.05, 0) is 155 Å². The van der Waals surface area contributed by atoms with Crippen LogP contribution in [0.5, 0.6) is 0 Å². The number of rotatable bonds is 5. The van der Waals surface area contributed by atoms with Gasteiger partial charge in [0.1, 0.15) is 11.9 Å². The Kier molecular flexibility index (Phi) is 11.0. The predicted octanol–water partition coefficient (Wildman–Crippen LogP) is 13.8. The Bertz CT molecular complexity index is 1540. The van der Waals surface area contributed by atoms with Crippen LogP contribution in [0, 0.1) is 45.8 Å². The highest BCUT2D eigenvalue weighted by Gasteiger charge is 2.66. The molecule has 1 saturated heterocycles. The van der Waals surface area contributed by atoms with Gasteiger partial charge in [-0.15, -0.1) is 0 Å². The number of nitrogens with zero attached hydrogens (tertiary/aromatic N) is 2. The van der Waals surface area contributed by atoms with E-state index in [4.69, 9.17) is 4.74 Å². The molecule has 3 nitrogen and oxygen atoms in total. The zero-order valence-corrected chi connectivity index (χ0v) is 37.6. The molecule has 10 unspecified atom stereocenters. The maximum atomic E-state index is 7.18. The normalized spacial score (nSPS) is 40.3. The number of ether oxygens (including phenoxy) is 1. The molecule has 4 saturated carbocycles. The molecule has 1 spiro atoms. The van der Waals surface area contributed by atoms with Gasteiger partial charge in [0.05, 0.1) is 6.04 Å². The third-order valence-electron chi connectivity index (χ3n) is 18.9. The van der Waals surface area contributed by atoms with E-state index in [0.717, 1.165) is 36.1 Å². The van der Waals surface area contributed by atoms with Crippen molar-refractivity contribution in [1.82, 2.24) is 9.80 Å². The highest BCUT2D eigenvalue weighted by Crippen LogP contribution is 2.66. The van der Waals surface area contributed by atoms with Crippen molar-refractivity contribution < 1.29 is 4.74 Å². The molecule has 0 radical (unpaired) electrons. The van der Waals surface area contributed by atoms with Gasteiger partial charge in [0.15, 0.2) is 0 Å². The SMILES string of the molecule is CC(C)(C)C1=CCC(N(C2CC(C3CCCCC3)CC(N3C4CCC(C(C)(C)C)CC4C4(CCCCC4)C3(C)C)C2)C2CC=CC3=C2OC2C=CCCC32)CC1. The van der Waals surface area contributed by atoms with E-state index in [0.29, 0.717) is 40.9 Å². The monoisotopic (exact) mass is 765 g/mol. The maximum absolute atomic E-state index is 7.18. The fraction of sp³-hybridized carbons (Fsp3) is 0.849. The topological polar surface area (TPSA) is 15.7 Å². The molecule has 0 N–H and O–H groups in total. The van der Waals surface area contributed by atoms with Gasteiger partial charge in [-0.2, -0.15) is 0 Å². The van der Waals surface area contributed by atoms with Crippen molar-refractivity contribution in [3.05, 3.63) is 47.3 Å². The zero-order chi connectivity index (χ0) is 39.0. The lowest BCUT2D eigenvalue weighted by atomic mass is 9.54. The molecule has 0 bridgehead atoms. The lowest BCUT2D eigenvalue weighted by Crippen LogP contribution is -2.61. The first-order valence-electron chi connectivity index (χ1n) is 24.8. The Balaban J connectivity index is 1.10. The Morgan fingerprint density at radius 1 is 0.750 bits per heavy atom. The molecule has 5 fully saturated rings. The van der Waals surface area contributed by atoms with Crippen molar-refractivity contribution >= 4 is 0 Å². The summed E-state index contributed by atoms with van der Waals surface area (Å²) in [6.07, 6.45) is 43.5. The second-order valence-corrected chi connectivity index (χ2v) is 23.9. The number of likely N-dealkylation sites (tertiary alicyclic amines) is 1. The third kappa shape index (κ3) is 7.01. The smallest absolute Gasteiger partial charge is 0.123 e. The van der Waals surface area contributed by atoms with Gasteiger partial charge in [0, 0.05) is 35.6 Å². The molecule has 0 aromatic rings. The van der Waals surface area contributed by atoms with Crippen molar-refractivity contribution in [3.63, 3.8) is 0 Å². The van der Waals surface area contributed by atoms with Crippen LogP contribution >= 0.6 is 0 Å². The van der Waals surface area contributed by atoms with E-state index in [1.807, 2.05) is 0 Å². The predicted molar refractivity (Wildman–Crippen MR) is 235 cm³/mol. The summed E-state index contributed by atoms with van der Waals surface area (Å²) in [5.74, 6) is 5.47. The standard InChI is InChI=1S/C53H84N2O/c1-50(2,3)38-24-27-40(28-25-38)54(47-22-17-21-44-43-20-13-14-23-48(43)56-49(44)47)41-32-37(36-18-11-9-12-19-36)33-42(35-41)55-46-29-26-39(51(4,5)6)34-45(46)53(52(55,7)8)30-15-10-16-31-53/h14,17,21,23-24,36-37,39-43,45-48H,9-13,15-16,18-20,22,25-35H2,1-8H3. The first-order chi connectivity index (χ1) is 26.8. The van der Waals surface area contributed by atoms with E-state index in [1.54, 1.807) is 11.1 Å². The molecular weight excluding hydrogens is 681 g/mol. The number of fused-ring (bicyclic) bond motifs is 4. The van der Waals surface area contributed by atoms with Gasteiger partial charge >= 0.3 is 0 Å². The van der Waals surface area contributed by atoms with Crippen LogP contribution in [-0.4, -0.2) is 51.7 Å². The minimum Gasteiger partial charge on any atom is -0.488 e. The van der Waals surface area contributed by atoms with Gasteiger partial charge < -0.3 is 4.74 Å². The molecule has 0 amide bonds. The summed E-state index contributed by atoms with van der Waals surface area (Å²) < 4.78 is 7.18. The first kappa shape index (κ1) is 40.1. The molecule has 7 aliphatic carbocycles. The fourth-order valence-electron chi connectivity index (χ4n) is 16.0. The summed E-state index contributed by atoms with van der Waals surface area (Å²) in [5.41, 5.74) is 4.70. The zero-order valence-electron chi connectivity index (χ0n) is 37.6. The summed E-state index contributed by atoms with van der Waals surface area (Å²) in [6, 6.07) is 3.11. The van der Waals surface area contributed by atoms with Crippen molar-refractivity contribution in [2.24, 2.45) is 45.8 Å². The van der Waals surface area contributed by atoms with E-state index in [9.17, 15) is 0 Å². The maximum Gasteiger partial charge on any atom is 0.123 e. The Morgan fingerprint density at radius 3 is 2.23 bits per heavy atom. The Morgan fingerprint density at radius 2 is 1.52 bits per heavy atom. The molecule has 312 valence electrons. The average Bonchev–Trinajstić information content (AvgIpc) is 3.65. The molecular formula is C53H84N2O. The molecule has 9 rings (SSSR count). The van der Waals surface area contributed by atoms with Crippen molar-refractivity contribution in [2.45, 2.75) is 239 Å². The van der Waals surface area contributed by atoms with E-state index in [2.05, 4.69) is 95.6 Å². The van der Waals surface area contributed by atoms with Crippen molar-refractivity contribution in [1.29, 1.82) is 0 Å². The highest BCUT2D eigenvalue weighted by atomic mass is 16.5. The quantitative estimate of drug-likeness (QED) is 0.259. The van der Waals surface area contributed by atoms with Gasteiger partial charge in [0.25, 0.3) is 0 Å². The number of hydrogen-bond acceptors (Lipinski definition) is 3. The Hall–Kier alpha value is -1.32. The van der Waals surface area contributed by atoms with Crippen LogP contribution in [0.15, 0.2) is 47.3 Å². The van der Waals surface area contributed by atoms with Gasteiger partial charge in [-0.1, -0.05) is 123 Å². The molecule has 3 heteroatoms. The molecule has 0 aromatic heterocycles. The average molecular weight is 765 g/mol. The lowest BCUT2D eigenvalue weighted by Gasteiger charge is -2.56. The summed E-state index contributed by atoms with van der Waals surface area (Å²) >= 11 is 0. The van der Waals surface area contributed by atoms with Gasteiger partial charge in [0.2, 0.25) is 0 Å². The lowest BCUT2D eigenvalue weighted by molar-refractivity contribution is -0.0566. The second kappa shape index (κ2) is 15.3. The van der Waals surface area contributed by atoms with Crippen LogP contribution < -0.4 is 0 Å². The number of allylic oxidation sites excluding steroid dienone is 3. The molecule has 2 heterocycles. The van der Waals surface area contributed by atoms with Gasteiger partial charge in [-0.25, -0.2) is 0 Å². The Labute approximate surface area is 345 Å². The van der Waals surface area contributed by atoms with E-state index >= 15 is 0 Å². The van der Waals surface area contributed by atoms with E-state index in [1.165, 1.54) is 141 Å². The van der Waals surface area contributed by atoms with Crippen molar-refractivity contribution in [3.8, 4) is 0 Å². The van der Waals surface area contributed by atoms with Crippen molar-refractivity contribution in [2.75, 3.05) is 0 Å². The molecule has 2 aliphatic heterocycles. The fourth-order valence-corrected chi connectivity index (χ4v) is 16.0.